The summed E-state index contributed by atoms with van der Waals surface area (Å²) in [4.78, 5) is 3.66. The fourth-order valence-electron chi connectivity index (χ4n) is 0.277. The van der Waals surface area contributed by atoms with Crippen molar-refractivity contribution in [1.29, 1.82) is 0 Å². The van der Waals surface area contributed by atoms with E-state index in [0.717, 1.165) is 0 Å². The monoisotopic (exact) mass is 271 g/mol. The first kappa shape index (κ1) is 6.80. The Morgan fingerprint density at radius 1 is 1.29 bits per heavy atom. The van der Waals surface area contributed by atoms with Crippen LogP contribution < -0.4 is 0 Å². The summed E-state index contributed by atoms with van der Waals surface area (Å²) in [6.07, 6.45) is 4.34. The Hall–Kier alpha value is -0.201. The van der Waals surface area contributed by atoms with Crippen LogP contribution in [0.15, 0.2) is 24.4 Å². The number of hydrogen-bond acceptors (Lipinski definition) is 1. The van der Waals surface area contributed by atoms with E-state index in [1.165, 1.54) is 0 Å². The van der Waals surface area contributed by atoms with Gasteiger partial charge < -0.3 is 4.98 Å². The summed E-state index contributed by atoms with van der Waals surface area (Å²) in [5, 5.41) is 0. The maximum atomic E-state index is 3.66. The molecule has 0 unspecified atom stereocenters. The third kappa shape index (κ3) is 2.49. The van der Waals surface area contributed by atoms with Gasteiger partial charge in [-0.05, 0) is 0 Å². The third-order valence-electron chi connectivity index (χ3n) is 0.517. The van der Waals surface area contributed by atoms with E-state index in [1.807, 2.05) is 12.1 Å². The Labute approximate surface area is 56.1 Å². The van der Waals surface area contributed by atoms with Crippen LogP contribution in [0, 0.1) is 6.20 Å². The van der Waals surface area contributed by atoms with Gasteiger partial charge in [0.05, 0.1) is 0 Å². The summed E-state index contributed by atoms with van der Waals surface area (Å²) >= 11 is 0. The van der Waals surface area contributed by atoms with Gasteiger partial charge in [0.1, 0.15) is 0 Å². The van der Waals surface area contributed by atoms with Gasteiger partial charge >= 0.3 is 20.1 Å². The van der Waals surface area contributed by atoms with Crippen LogP contribution in [0.2, 0.25) is 0 Å². The van der Waals surface area contributed by atoms with Gasteiger partial charge in [-0.15, -0.1) is 0 Å². The maximum absolute atomic E-state index is 3.66. The van der Waals surface area contributed by atoms with Crippen LogP contribution >= 0.6 is 0 Å². The van der Waals surface area contributed by atoms with Crippen molar-refractivity contribution in [2.24, 2.45) is 0 Å². The third-order valence-corrected chi connectivity index (χ3v) is 0.517. The Morgan fingerprint density at radius 2 is 2.14 bits per heavy atom. The minimum absolute atomic E-state index is 0. The van der Waals surface area contributed by atoms with Gasteiger partial charge in [-0.2, -0.15) is 18.2 Å². The molecule has 1 rings (SSSR count). The molecule has 0 N–H and O–H groups in total. The van der Waals surface area contributed by atoms with E-state index in [0.29, 0.717) is 0 Å². The molecule has 0 atom stereocenters. The van der Waals surface area contributed by atoms with Gasteiger partial charge in [0, 0.05) is 0 Å². The van der Waals surface area contributed by atoms with Crippen molar-refractivity contribution in [3.63, 3.8) is 0 Å². The molecule has 36 valence electrons. The summed E-state index contributed by atoms with van der Waals surface area (Å²) < 4.78 is 0. The van der Waals surface area contributed by atoms with Crippen molar-refractivity contribution < 1.29 is 20.1 Å². The van der Waals surface area contributed by atoms with Crippen molar-refractivity contribution >= 4 is 0 Å². The Bertz CT molecular complexity index is 80.0. The van der Waals surface area contributed by atoms with Crippen LogP contribution in [0.1, 0.15) is 0 Å². The predicted octanol–water partition coefficient (Wildman–Crippen LogP) is 0.879. The average molecular weight is 270 g/mol. The van der Waals surface area contributed by atoms with Gasteiger partial charge in [0.2, 0.25) is 0 Å². The number of nitrogens with zero attached hydrogens (tertiary/aromatic N) is 1. The van der Waals surface area contributed by atoms with Gasteiger partial charge in [-0.1, -0.05) is 12.4 Å². The van der Waals surface area contributed by atoms with Gasteiger partial charge in [0.25, 0.3) is 0 Å². The molecule has 7 heavy (non-hydrogen) atoms. The fourth-order valence-corrected chi connectivity index (χ4v) is 0.277. The summed E-state index contributed by atoms with van der Waals surface area (Å²) in [6, 6.07) is 5.50. The second-order valence-corrected chi connectivity index (χ2v) is 0.959. The first-order chi connectivity index (χ1) is 3.00. The molecule has 0 fully saturated rings. The van der Waals surface area contributed by atoms with Crippen LogP contribution in [0.25, 0.3) is 0 Å². The molecule has 1 aromatic rings. The summed E-state index contributed by atoms with van der Waals surface area (Å²) in [5.41, 5.74) is 0. The summed E-state index contributed by atoms with van der Waals surface area (Å²) in [5.74, 6) is 0. The van der Waals surface area contributed by atoms with E-state index in [4.69, 9.17) is 0 Å². The van der Waals surface area contributed by atoms with Crippen LogP contribution in [-0.4, -0.2) is 4.98 Å². The summed E-state index contributed by atoms with van der Waals surface area (Å²) in [6.45, 7) is 0. The molecular formula is C5H4IrN+2. The van der Waals surface area contributed by atoms with Crippen LogP contribution in [0.4, 0.5) is 0 Å². The molecule has 0 saturated carbocycles. The molecule has 0 aliphatic rings. The molecule has 1 heterocycles. The SMILES string of the molecule is [Ir+3].[c-]1ccccn1. The van der Waals surface area contributed by atoms with Crippen molar-refractivity contribution in [3.8, 4) is 0 Å². The molecule has 0 aromatic carbocycles. The summed E-state index contributed by atoms with van der Waals surface area (Å²) in [7, 11) is 0. The molecule has 0 spiro atoms. The van der Waals surface area contributed by atoms with Crippen molar-refractivity contribution in [2.75, 3.05) is 0 Å². The largest absolute Gasteiger partial charge is 3.00 e. The van der Waals surface area contributed by atoms with Gasteiger partial charge in [0.15, 0.2) is 0 Å². The molecule has 0 aliphatic carbocycles. The van der Waals surface area contributed by atoms with Crippen molar-refractivity contribution in [2.45, 2.75) is 0 Å². The number of aromatic nitrogens is 1. The first-order valence-corrected chi connectivity index (χ1v) is 1.77. The topological polar surface area (TPSA) is 12.9 Å². The molecule has 2 heteroatoms. The fraction of sp³-hybridized carbons (Fsp3) is 0. The Kier molecular flexibility index (Phi) is 3.86. The van der Waals surface area contributed by atoms with Crippen LogP contribution in [0.5, 0.6) is 0 Å². The first-order valence-electron chi connectivity index (χ1n) is 1.77. The molecule has 0 bridgehead atoms. The average Bonchev–Trinajstić information content (AvgIpc) is 1.72. The molecule has 0 amide bonds. The van der Waals surface area contributed by atoms with E-state index < -0.39 is 0 Å². The van der Waals surface area contributed by atoms with Crippen molar-refractivity contribution in [1.82, 2.24) is 4.98 Å². The molecule has 0 aliphatic heterocycles. The Balaban J connectivity index is 0.000000360. The molecular weight excluding hydrogens is 266 g/mol. The van der Waals surface area contributed by atoms with E-state index in [-0.39, 0.29) is 20.1 Å². The van der Waals surface area contributed by atoms with Crippen LogP contribution in [-0.2, 0) is 20.1 Å². The zero-order valence-corrected chi connectivity index (χ0v) is 5.99. The van der Waals surface area contributed by atoms with Gasteiger partial charge in [-0.3, -0.25) is 0 Å². The van der Waals surface area contributed by atoms with Gasteiger partial charge in [-0.25, -0.2) is 0 Å². The second kappa shape index (κ2) is 3.97. The molecule has 1 nitrogen and oxygen atoms in total. The number of hydrogen-bond donors (Lipinski definition) is 0. The zero-order valence-electron chi connectivity index (χ0n) is 3.59. The smallest absolute Gasteiger partial charge is 0.394 e. The second-order valence-electron chi connectivity index (χ2n) is 0.959. The minimum atomic E-state index is 0. The molecule has 0 saturated heterocycles. The number of rotatable bonds is 0. The van der Waals surface area contributed by atoms with Crippen molar-refractivity contribution in [3.05, 3.63) is 30.6 Å². The van der Waals surface area contributed by atoms with E-state index >= 15 is 0 Å². The van der Waals surface area contributed by atoms with E-state index in [1.54, 1.807) is 12.3 Å². The normalized spacial score (nSPS) is 6.86. The zero-order chi connectivity index (χ0) is 4.24. The van der Waals surface area contributed by atoms with E-state index in [9.17, 15) is 0 Å². The number of pyridine rings is 1. The molecule has 0 radical (unpaired) electrons. The Morgan fingerprint density at radius 3 is 2.29 bits per heavy atom. The minimum Gasteiger partial charge on any atom is -0.394 e. The van der Waals surface area contributed by atoms with Crippen LogP contribution in [0.3, 0.4) is 0 Å². The van der Waals surface area contributed by atoms with E-state index in [2.05, 4.69) is 11.2 Å². The quantitative estimate of drug-likeness (QED) is 0.638. The standard InChI is InChI=1S/C5H4N.Ir/c1-2-4-6-5-3-1;/h1-4H;/q-1;+3. The predicted molar refractivity (Wildman–Crippen MR) is 23.1 cm³/mol. The molecule has 1 aromatic heterocycles. The maximum Gasteiger partial charge on any atom is 3.00 e.